The van der Waals surface area contributed by atoms with Crippen LogP contribution in [0.1, 0.15) is 21.9 Å². The monoisotopic (exact) mass is 438 g/mol. The van der Waals surface area contributed by atoms with Crippen molar-refractivity contribution in [3.63, 3.8) is 0 Å². The molecule has 162 valence electrons. The molecule has 6 nitrogen and oxygen atoms in total. The summed E-state index contributed by atoms with van der Waals surface area (Å²) in [5.41, 5.74) is 2.02. The SMILES string of the molecule is COc1ccccc1N1CCN(C(=O)c2ccc(C[S@@](=O)c3ccccc3C)o2)CC1. The fraction of sp³-hybridized carbons (Fsp3) is 0.292. The van der Waals surface area contributed by atoms with Crippen LogP contribution in [0.3, 0.4) is 0 Å². The van der Waals surface area contributed by atoms with Gasteiger partial charge in [-0.25, -0.2) is 0 Å². The van der Waals surface area contributed by atoms with Crippen LogP contribution >= 0.6 is 0 Å². The summed E-state index contributed by atoms with van der Waals surface area (Å²) in [5, 5.41) is 0. The van der Waals surface area contributed by atoms with Crippen molar-refractivity contribution in [3.05, 3.63) is 77.7 Å². The van der Waals surface area contributed by atoms with E-state index >= 15 is 0 Å². The highest BCUT2D eigenvalue weighted by Gasteiger charge is 2.25. The van der Waals surface area contributed by atoms with E-state index in [4.69, 9.17) is 9.15 Å². The first-order valence-corrected chi connectivity index (χ1v) is 11.6. The number of piperazine rings is 1. The molecule has 0 unspecified atom stereocenters. The van der Waals surface area contributed by atoms with Gasteiger partial charge in [0, 0.05) is 31.1 Å². The molecule has 1 fully saturated rings. The Morgan fingerprint density at radius 1 is 1.00 bits per heavy atom. The highest BCUT2D eigenvalue weighted by atomic mass is 32.2. The Hall–Kier alpha value is -3.06. The van der Waals surface area contributed by atoms with E-state index in [1.54, 1.807) is 24.1 Å². The fourth-order valence-electron chi connectivity index (χ4n) is 3.79. The number of amides is 1. The first-order chi connectivity index (χ1) is 15.1. The topological polar surface area (TPSA) is 63.0 Å². The first kappa shape index (κ1) is 21.2. The average molecular weight is 439 g/mol. The van der Waals surface area contributed by atoms with Gasteiger partial charge in [0.2, 0.25) is 0 Å². The number of rotatable bonds is 6. The number of furan rings is 1. The van der Waals surface area contributed by atoms with Crippen molar-refractivity contribution in [2.75, 3.05) is 38.2 Å². The number of nitrogens with zero attached hydrogens (tertiary/aromatic N) is 2. The summed E-state index contributed by atoms with van der Waals surface area (Å²) in [6, 6.07) is 18.9. The quantitative estimate of drug-likeness (QED) is 0.585. The summed E-state index contributed by atoms with van der Waals surface area (Å²) in [6.45, 7) is 4.58. The van der Waals surface area contributed by atoms with Gasteiger partial charge >= 0.3 is 0 Å². The smallest absolute Gasteiger partial charge is 0.289 e. The Balaban J connectivity index is 1.37. The van der Waals surface area contributed by atoms with Gasteiger partial charge in [-0.3, -0.25) is 9.00 Å². The maximum atomic E-state index is 12.9. The summed E-state index contributed by atoms with van der Waals surface area (Å²) in [5.74, 6) is 1.80. The Bertz CT molecular complexity index is 1090. The van der Waals surface area contributed by atoms with Gasteiger partial charge < -0.3 is 19.0 Å². The second kappa shape index (κ2) is 9.39. The van der Waals surface area contributed by atoms with Gasteiger partial charge in [-0.1, -0.05) is 30.3 Å². The van der Waals surface area contributed by atoms with Gasteiger partial charge in [-0.15, -0.1) is 0 Å². The molecule has 0 saturated carbocycles. The Morgan fingerprint density at radius 2 is 1.71 bits per heavy atom. The number of hydrogen-bond donors (Lipinski definition) is 0. The Kier molecular flexibility index (Phi) is 6.42. The molecule has 31 heavy (non-hydrogen) atoms. The molecule has 0 spiro atoms. The zero-order valence-corrected chi connectivity index (χ0v) is 18.6. The van der Waals surface area contributed by atoms with Crippen LogP contribution in [0.5, 0.6) is 5.75 Å². The number of hydrogen-bond acceptors (Lipinski definition) is 5. The van der Waals surface area contributed by atoms with Gasteiger partial charge in [0.1, 0.15) is 11.5 Å². The molecule has 7 heteroatoms. The van der Waals surface area contributed by atoms with E-state index in [1.165, 1.54) is 0 Å². The molecule has 1 amide bonds. The molecule has 0 N–H and O–H groups in total. The minimum Gasteiger partial charge on any atom is -0.495 e. The molecular weight excluding hydrogens is 412 g/mol. The second-order valence-corrected chi connectivity index (χ2v) is 8.89. The zero-order valence-electron chi connectivity index (χ0n) is 17.7. The lowest BCUT2D eigenvalue weighted by Gasteiger charge is -2.36. The van der Waals surface area contributed by atoms with Crippen molar-refractivity contribution in [3.8, 4) is 5.75 Å². The number of aryl methyl sites for hydroxylation is 1. The van der Waals surface area contributed by atoms with E-state index in [1.807, 2.05) is 55.5 Å². The largest absolute Gasteiger partial charge is 0.495 e. The highest BCUT2D eigenvalue weighted by Crippen LogP contribution is 2.28. The number of ether oxygens (including phenoxy) is 1. The zero-order chi connectivity index (χ0) is 21.8. The van der Waals surface area contributed by atoms with Crippen LogP contribution in [-0.4, -0.2) is 48.3 Å². The maximum absolute atomic E-state index is 12.9. The number of anilines is 1. The molecule has 1 aliphatic heterocycles. The third kappa shape index (κ3) is 4.66. The number of para-hydroxylation sites is 2. The Labute approximate surface area is 184 Å². The number of carbonyl (C=O) groups excluding carboxylic acids is 1. The molecule has 1 aromatic heterocycles. The van der Waals surface area contributed by atoms with Crippen LogP contribution in [-0.2, 0) is 16.6 Å². The predicted octanol–water partition coefficient (Wildman–Crippen LogP) is 3.87. The molecule has 2 heterocycles. The van der Waals surface area contributed by atoms with Crippen LogP contribution < -0.4 is 9.64 Å². The van der Waals surface area contributed by atoms with E-state index in [0.29, 0.717) is 24.6 Å². The molecule has 3 aromatic rings. The van der Waals surface area contributed by atoms with E-state index in [9.17, 15) is 9.00 Å². The molecule has 1 saturated heterocycles. The van der Waals surface area contributed by atoms with E-state index in [-0.39, 0.29) is 11.7 Å². The van der Waals surface area contributed by atoms with Gasteiger partial charge in [0.15, 0.2) is 5.76 Å². The Morgan fingerprint density at radius 3 is 2.45 bits per heavy atom. The lowest BCUT2D eigenvalue weighted by atomic mass is 10.2. The van der Waals surface area contributed by atoms with Crippen molar-refractivity contribution >= 4 is 22.4 Å². The third-order valence-corrected chi connectivity index (χ3v) is 6.97. The molecule has 0 bridgehead atoms. The molecular formula is C24H26N2O4S. The fourth-order valence-corrected chi connectivity index (χ4v) is 5.01. The molecule has 1 atom stereocenters. The summed E-state index contributed by atoms with van der Waals surface area (Å²) in [4.78, 5) is 17.7. The van der Waals surface area contributed by atoms with E-state index in [2.05, 4.69) is 4.90 Å². The molecule has 1 aliphatic rings. The van der Waals surface area contributed by atoms with Crippen molar-refractivity contribution in [2.24, 2.45) is 0 Å². The van der Waals surface area contributed by atoms with Crippen LogP contribution in [0.4, 0.5) is 5.69 Å². The van der Waals surface area contributed by atoms with Crippen LogP contribution in [0.15, 0.2) is 70.0 Å². The number of carbonyl (C=O) groups is 1. The van der Waals surface area contributed by atoms with Crippen molar-refractivity contribution in [1.82, 2.24) is 4.90 Å². The summed E-state index contributed by atoms with van der Waals surface area (Å²) >= 11 is 0. The number of benzene rings is 2. The molecule has 4 rings (SSSR count). The molecule has 0 radical (unpaired) electrons. The standard InChI is InChI=1S/C24H26N2O4S/c1-18-7-3-6-10-23(18)31(28)17-19-11-12-22(30-19)24(27)26-15-13-25(14-16-26)20-8-4-5-9-21(20)29-2/h3-12H,13-17H2,1-2H3/t31-/m1/s1. The highest BCUT2D eigenvalue weighted by molar-refractivity contribution is 7.84. The minimum atomic E-state index is -1.22. The minimum absolute atomic E-state index is 0.132. The van der Waals surface area contributed by atoms with Gasteiger partial charge in [-0.2, -0.15) is 0 Å². The summed E-state index contributed by atoms with van der Waals surface area (Å²) in [6.07, 6.45) is 0. The lowest BCUT2D eigenvalue weighted by Crippen LogP contribution is -2.48. The van der Waals surface area contributed by atoms with Gasteiger partial charge in [0.05, 0.1) is 29.3 Å². The summed E-state index contributed by atoms with van der Waals surface area (Å²) in [7, 11) is 0.449. The predicted molar refractivity (Wildman–Crippen MR) is 121 cm³/mol. The van der Waals surface area contributed by atoms with Crippen LogP contribution in [0.25, 0.3) is 0 Å². The van der Waals surface area contributed by atoms with E-state index < -0.39 is 10.8 Å². The number of methoxy groups -OCH3 is 1. The average Bonchev–Trinajstić information content (AvgIpc) is 3.27. The normalized spacial score (nSPS) is 15.0. The third-order valence-electron chi connectivity index (χ3n) is 5.48. The molecule has 2 aromatic carbocycles. The van der Waals surface area contributed by atoms with Crippen molar-refractivity contribution < 1.29 is 18.2 Å². The van der Waals surface area contributed by atoms with Crippen molar-refractivity contribution in [2.45, 2.75) is 17.6 Å². The van der Waals surface area contributed by atoms with Gasteiger partial charge in [0.25, 0.3) is 5.91 Å². The summed E-state index contributed by atoms with van der Waals surface area (Å²) < 4.78 is 23.9. The van der Waals surface area contributed by atoms with Crippen LogP contribution in [0.2, 0.25) is 0 Å². The second-order valence-electron chi connectivity index (χ2n) is 7.47. The molecule has 0 aliphatic carbocycles. The maximum Gasteiger partial charge on any atom is 0.289 e. The van der Waals surface area contributed by atoms with Gasteiger partial charge in [-0.05, 0) is 42.8 Å². The van der Waals surface area contributed by atoms with E-state index in [0.717, 1.165) is 35.0 Å². The first-order valence-electron chi connectivity index (χ1n) is 10.3. The van der Waals surface area contributed by atoms with Crippen LogP contribution in [0, 0.1) is 6.92 Å². The lowest BCUT2D eigenvalue weighted by molar-refractivity contribution is 0.0713. The van der Waals surface area contributed by atoms with Crippen molar-refractivity contribution in [1.29, 1.82) is 0 Å².